The number of hydrogen-bond donors (Lipinski definition) is 1. The lowest BCUT2D eigenvalue weighted by atomic mass is 9.96. The van der Waals surface area contributed by atoms with E-state index < -0.39 is 0 Å². The van der Waals surface area contributed by atoms with E-state index >= 15 is 0 Å². The molecule has 5 nitrogen and oxygen atoms in total. The number of hydrogen-bond acceptors (Lipinski definition) is 3. The molecule has 1 aromatic rings. The number of piperidine rings is 1. The second-order valence-electron chi connectivity index (χ2n) is 7.17. The molecule has 25 heavy (non-hydrogen) atoms. The Morgan fingerprint density at radius 2 is 1.96 bits per heavy atom. The van der Waals surface area contributed by atoms with Crippen molar-refractivity contribution in [2.45, 2.75) is 39.2 Å². The number of likely N-dealkylation sites (N-methyl/N-ethyl adjacent to an activating group) is 1. The second-order valence-corrected chi connectivity index (χ2v) is 7.17. The topological polar surface area (TPSA) is 52.7 Å². The Bertz CT molecular complexity index is 583. The number of rotatable bonds is 6. The molecule has 0 unspecified atom stereocenters. The van der Waals surface area contributed by atoms with E-state index in [9.17, 15) is 9.59 Å². The van der Waals surface area contributed by atoms with Crippen molar-refractivity contribution in [2.24, 2.45) is 5.92 Å². The predicted octanol–water partition coefficient (Wildman–Crippen LogP) is 2.36. The quantitative estimate of drug-likeness (QED) is 0.861. The maximum atomic E-state index is 12.6. The predicted molar refractivity (Wildman–Crippen MR) is 100 cm³/mol. The molecule has 0 bridgehead atoms. The highest BCUT2D eigenvalue weighted by atomic mass is 16.2. The van der Waals surface area contributed by atoms with Gasteiger partial charge in [0.05, 0.1) is 12.0 Å². The number of nitrogens with zero attached hydrogens (tertiary/aromatic N) is 2. The molecule has 1 saturated heterocycles. The molecule has 0 saturated carbocycles. The van der Waals surface area contributed by atoms with Crippen molar-refractivity contribution in [1.29, 1.82) is 0 Å². The van der Waals surface area contributed by atoms with Gasteiger partial charge in [0.25, 0.3) is 0 Å². The number of aryl methyl sites for hydroxylation is 1. The molecular weight excluding hydrogens is 314 g/mol. The first-order valence-corrected chi connectivity index (χ1v) is 9.20. The van der Waals surface area contributed by atoms with Crippen molar-refractivity contribution >= 4 is 11.8 Å². The van der Waals surface area contributed by atoms with E-state index in [1.807, 2.05) is 25.9 Å². The summed E-state index contributed by atoms with van der Waals surface area (Å²) in [5.41, 5.74) is 2.43. The first-order valence-electron chi connectivity index (χ1n) is 9.20. The lowest BCUT2D eigenvalue weighted by Crippen LogP contribution is -2.46. The number of amides is 2. The molecule has 138 valence electrons. The third kappa shape index (κ3) is 5.30. The summed E-state index contributed by atoms with van der Waals surface area (Å²) >= 11 is 0. The van der Waals surface area contributed by atoms with Gasteiger partial charge in [0.1, 0.15) is 0 Å². The Labute approximate surface area is 151 Å². The fraction of sp³-hybridized carbons (Fsp3) is 0.600. The molecule has 1 fully saturated rings. The number of carbonyl (C=O) groups excluding carboxylic acids is 2. The lowest BCUT2D eigenvalue weighted by Gasteiger charge is -2.32. The molecule has 1 N–H and O–H groups in total. The summed E-state index contributed by atoms with van der Waals surface area (Å²) in [6.07, 6.45) is 2.26. The summed E-state index contributed by atoms with van der Waals surface area (Å²) in [7, 11) is 4.05. The molecule has 1 aliphatic heterocycles. The van der Waals surface area contributed by atoms with Gasteiger partial charge in [-0.15, -0.1) is 0 Å². The number of likely N-dealkylation sites (tertiary alicyclic amines) is 1. The maximum absolute atomic E-state index is 12.6. The van der Waals surface area contributed by atoms with Crippen molar-refractivity contribution in [3.8, 4) is 0 Å². The maximum Gasteiger partial charge on any atom is 0.224 e. The van der Waals surface area contributed by atoms with Gasteiger partial charge in [0, 0.05) is 26.1 Å². The largest absolute Gasteiger partial charge is 0.354 e. The van der Waals surface area contributed by atoms with E-state index in [-0.39, 0.29) is 23.8 Å². The van der Waals surface area contributed by atoms with Gasteiger partial charge in [-0.25, -0.2) is 0 Å². The van der Waals surface area contributed by atoms with Gasteiger partial charge in [-0.1, -0.05) is 36.8 Å². The van der Waals surface area contributed by atoms with Crippen LogP contribution in [0.25, 0.3) is 0 Å². The summed E-state index contributed by atoms with van der Waals surface area (Å²) in [4.78, 5) is 28.4. The van der Waals surface area contributed by atoms with E-state index in [2.05, 4.69) is 41.4 Å². The number of benzene rings is 1. The molecule has 2 atom stereocenters. The zero-order valence-electron chi connectivity index (χ0n) is 15.9. The monoisotopic (exact) mass is 345 g/mol. The van der Waals surface area contributed by atoms with Crippen LogP contribution in [0.5, 0.6) is 0 Å². The molecule has 1 aliphatic rings. The molecule has 2 rings (SSSR count). The van der Waals surface area contributed by atoms with E-state index in [1.165, 1.54) is 11.1 Å². The molecular formula is C20H31N3O2. The number of carbonyl (C=O) groups is 2. The van der Waals surface area contributed by atoms with Crippen LogP contribution in [0.3, 0.4) is 0 Å². The van der Waals surface area contributed by atoms with Crippen molar-refractivity contribution in [3.05, 3.63) is 35.4 Å². The first kappa shape index (κ1) is 19.4. The van der Waals surface area contributed by atoms with E-state index in [0.717, 1.165) is 19.4 Å². The van der Waals surface area contributed by atoms with Crippen LogP contribution in [-0.4, -0.2) is 55.3 Å². The zero-order chi connectivity index (χ0) is 18.4. The minimum Gasteiger partial charge on any atom is -0.354 e. The summed E-state index contributed by atoms with van der Waals surface area (Å²) < 4.78 is 0. The van der Waals surface area contributed by atoms with Crippen LogP contribution < -0.4 is 5.32 Å². The molecule has 0 aromatic heterocycles. The van der Waals surface area contributed by atoms with E-state index in [4.69, 9.17) is 0 Å². The Morgan fingerprint density at radius 3 is 2.56 bits per heavy atom. The highest BCUT2D eigenvalue weighted by Gasteiger charge is 2.28. The minimum atomic E-state index is -0.0925. The zero-order valence-corrected chi connectivity index (χ0v) is 15.9. The SMILES string of the molecule is CCC(=O)N1CCC[C@@H](C(=O)NC[C@H](c2ccc(C)cc2)N(C)C)C1. The van der Waals surface area contributed by atoms with E-state index in [1.54, 1.807) is 0 Å². The van der Waals surface area contributed by atoms with Gasteiger partial charge in [-0.2, -0.15) is 0 Å². The van der Waals surface area contributed by atoms with Crippen molar-refractivity contribution in [2.75, 3.05) is 33.7 Å². The fourth-order valence-corrected chi connectivity index (χ4v) is 3.37. The van der Waals surface area contributed by atoms with Crippen LogP contribution in [0, 0.1) is 12.8 Å². The van der Waals surface area contributed by atoms with Gasteiger partial charge in [-0.05, 0) is 39.4 Å². The van der Waals surface area contributed by atoms with Crippen LogP contribution in [0.1, 0.15) is 43.4 Å². The van der Waals surface area contributed by atoms with Gasteiger partial charge >= 0.3 is 0 Å². The van der Waals surface area contributed by atoms with Crippen molar-refractivity contribution in [3.63, 3.8) is 0 Å². The highest BCUT2D eigenvalue weighted by Crippen LogP contribution is 2.20. The van der Waals surface area contributed by atoms with Crippen LogP contribution in [0.15, 0.2) is 24.3 Å². The van der Waals surface area contributed by atoms with Crippen LogP contribution in [0.4, 0.5) is 0 Å². The van der Waals surface area contributed by atoms with Crippen LogP contribution in [0.2, 0.25) is 0 Å². The smallest absolute Gasteiger partial charge is 0.224 e. The van der Waals surface area contributed by atoms with Crippen LogP contribution in [-0.2, 0) is 9.59 Å². The van der Waals surface area contributed by atoms with Gasteiger partial charge in [0.15, 0.2) is 0 Å². The van der Waals surface area contributed by atoms with Gasteiger partial charge in [-0.3, -0.25) is 9.59 Å². The normalized spacial score (nSPS) is 18.9. The Balaban J connectivity index is 1.94. The minimum absolute atomic E-state index is 0.0626. The summed E-state index contributed by atoms with van der Waals surface area (Å²) in [6, 6.07) is 8.58. The molecule has 1 heterocycles. The molecule has 0 spiro atoms. The average Bonchev–Trinajstić information content (AvgIpc) is 2.62. The summed E-state index contributed by atoms with van der Waals surface area (Å²) in [6.45, 7) is 5.85. The summed E-state index contributed by atoms with van der Waals surface area (Å²) in [5.74, 6) is 0.112. The average molecular weight is 345 g/mol. The third-order valence-corrected chi connectivity index (χ3v) is 5.00. The molecule has 0 radical (unpaired) electrons. The third-order valence-electron chi connectivity index (χ3n) is 5.00. The number of nitrogens with one attached hydrogen (secondary N) is 1. The van der Waals surface area contributed by atoms with Crippen molar-refractivity contribution in [1.82, 2.24) is 15.1 Å². The molecule has 2 amide bonds. The molecule has 0 aliphatic carbocycles. The Kier molecular flexibility index (Phi) is 7.00. The van der Waals surface area contributed by atoms with Crippen LogP contribution >= 0.6 is 0 Å². The highest BCUT2D eigenvalue weighted by molar-refractivity contribution is 5.81. The Hall–Kier alpha value is -1.88. The Morgan fingerprint density at radius 1 is 1.28 bits per heavy atom. The summed E-state index contributed by atoms with van der Waals surface area (Å²) in [5, 5.41) is 3.11. The molecule has 5 heteroatoms. The first-order chi connectivity index (χ1) is 11.9. The lowest BCUT2D eigenvalue weighted by molar-refractivity contribution is -0.135. The standard InChI is InChI=1S/C20H31N3O2/c1-5-19(24)23-12-6-7-17(14-23)20(25)21-13-18(22(3)4)16-10-8-15(2)9-11-16/h8-11,17-18H,5-7,12-14H2,1-4H3,(H,21,25)/t17-,18-/m1/s1. The second kappa shape index (κ2) is 8.99. The van der Waals surface area contributed by atoms with Crippen molar-refractivity contribution < 1.29 is 9.59 Å². The molecule has 1 aromatic carbocycles. The van der Waals surface area contributed by atoms with Gasteiger partial charge in [0.2, 0.25) is 11.8 Å². The fourth-order valence-electron chi connectivity index (χ4n) is 3.37. The van der Waals surface area contributed by atoms with Gasteiger partial charge < -0.3 is 15.1 Å². The van der Waals surface area contributed by atoms with E-state index in [0.29, 0.717) is 19.5 Å².